The Hall–Kier alpha value is -1.98. The van der Waals surface area contributed by atoms with E-state index in [1.807, 2.05) is 13.8 Å². The number of halogens is 2. The second kappa shape index (κ2) is 6.20. The summed E-state index contributed by atoms with van der Waals surface area (Å²) in [7, 11) is 0. The van der Waals surface area contributed by atoms with Crippen molar-refractivity contribution in [2.75, 3.05) is 6.54 Å². The third-order valence-corrected chi connectivity index (χ3v) is 3.88. The van der Waals surface area contributed by atoms with E-state index in [0.29, 0.717) is 6.42 Å². The summed E-state index contributed by atoms with van der Waals surface area (Å²) in [6, 6.07) is 2.60. The maximum atomic E-state index is 13.8. The van der Waals surface area contributed by atoms with Crippen molar-refractivity contribution in [1.29, 1.82) is 0 Å². The van der Waals surface area contributed by atoms with Crippen molar-refractivity contribution in [2.24, 2.45) is 5.92 Å². The molecule has 1 aromatic rings. The largest absolute Gasteiger partial charge is 0.345 e. The molecule has 21 heavy (non-hydrogen) atoms. The van der Waals surface area contributed by atoms with Crippen LogP contribution in [0.15, 0.2) is 18.2 Å². The van der Waals surface area contributed by atoms with Gasteiger partial charge in [-0.3, -0.25) is 9.59 Å². The van der Waals surface area contributed by atoms with E-state index in [2.05, 4.69) is 5.32 Å². The Labute approximate surface area is 122 Å². The topological polar surface area (TPSA) is 49.4 Å². The molecule has 6 heteroatoms. The average molecular weight is 296 g/mol. The molecular weight excluding hydrogens is 278 g/mol. The fraction of sp³-hybridized carbons (Fsp3) is 0.467. The van der Waals surface area contributed by atoms with Gasteiger partial charge in [0.15, 0.2) is 0 Å². The van der Waals surface area contributed by atoms with Gasteiger partial charge >= 0.3 is 0 Å². The molecule has 0 spiro atoms. The minimum absolute atomic E-state index is 0.0344. The minimum Gasteiger partial charge on any atom is -0.345 e. The molecule has 0 saturated carbocycles. The first-order chi connectivity index (χ1) is 9.93. The third kappa shape index (κ3) is 3.20. The summed E-state index contributed by atoms with van der Waals surface area (Å²) in [5.74, 6) is -1.91. The number of carbonyl (C=O) groups is 2. The van der Waals surface area contributed by atoms with E-state index in [4.69, 9.17) is 0 Å². The minimum atomic E-state index is -0.711. The zero-order chi connectivity index (χ0) is 15.6. The fourth-order valence-corrected chi connectivity index (χ4v) is 2.47. The molecule has 0 aromatic heterocycles. The van der Waals surface area contributed by atoms with Crippen LogP contribution in [0.25, 0.3) is 0 Å². The highest BCUT2D eigenvalue weighted by Crippen LogP contribution is 2.22. The Morgan fingerprint density at radius 3 is 2.71 bits per heavy atom. The van der Waals surface area contributed by atoms with Gasteiger partial charge in [0.25, 0.3) is 0 Å². The van der Waals surface area contributed by atoms with Gasteiger partial charge in [-0.15, -0.1) is 0 Å². The number of rotatable bonds is 4. The van der Waals surface area contributed by atoms with Crippen LogP contribution in [0.4, 0.5) is 8.78 Å². The van der Waals surface area contributed by atoms with Crippen LogP contribution >= 0.6 is 0 Å². The monoisotopic (exact) mass is 296 g/mol. The Bertz CT molecular complexity index is 563. The Kier molecular flexibility index (Phi) is 4.55. The maximum Gasteiger partial charge on any atom is 0.243 e. The SMILES string of the molecule is CCC(C)C1C(=O)NCC(=O)N1Cc1ccc(F)cc1F. The number of piperazine rings is 1. The summed E-state index contributed by atoms with van der Waals surface area (Å²) in [5, 5.41) is 2.55. The third-order valence-electron chi connectivity index (χ3n) is 3.88. The number of hydrogen-bond acceptors (Lipinski definition) is 2. The molecule has 1 N–H and O–H groups in total. The molecule has 1 fully saturated rings. The standard InChI is InChI=1S/C15H18F2N2O2/c1-3-9(2)14-15(21)18-7-13(20)19(14)8-10-4-5-11(16)6-12(10)17/h4-6,9,14H,3,7-8H2,1-2H3,(H,18,21). The molecule has 0 radical (unpaired) electrons. The summed E-state index contributed by atoms with van der Waals surface area (Å²) >= 11 is 0. The fourth-order valence-electron chi connectivity index (χ4n) is 2.47. The normalized spacial score (nSPS) is 20.4. The lowest BCUT2D eigenvalue weighted by Crippen LogP contribution is -2.60. The number of amides is 2. The number of hydrogen-bond donors (Lipinski definition) is 1. The number of nitrogens with one attached hydrogen (secondary N) is 1. The van der Waals surface area contributed by atoms with Crippen LogP contribution in [0.3, 0.4) is 0 Å². The van der Waals surface area contributed by atoms with Crippen molar-refractivity contribution in [3.05, 3.63) is 35.4 Å². The smallest absolute Gasteiger partial charge is 0.243 e. The van der Waals surface area contributed by atoms with Crippen LogP contribution in [0.5, 0.6) is 0 Å². The first-order valence-corrected chi connectivity index (χ1v) is 6.95. The summed E-state index contributed by atoms with van der Waals surface area (Å²) in [4.78, 5) is 25.5. The van der Waals surface area contributed by atoms with Gasteiger partial charge in [0.05, 0.1) is 6.54 Å². The van der Waals surface area contributed by atoms with Gasteiger partial charge in [0.2, 0.25) is 11.8 Å². The van der Waals surface area contributed by atoms with E-state index in [1.54, 1.807) is 0 Å². The zero-order valence-corrected chi connectivity index (χ0v) is 12.0. The molecule has 1 aliphatic rings. The van der Waals surface area contributed by atoms with E-state index >= 15 is 0 Å². The highest BCUT2D eigenvalue weighted by Gasteiger charge is 2.37. The molecular formula is C15H18F2N2O2. The van der Waals surface area contributed by atoms with E-state index in [9.17, 15) is 18.4 Å². The molecule has 2 amide bonds. The molecule has 1 heterocycles. The molecule has 114 valence electrons. The molecule has 2 rings (SSSR count). The summed E-state index contributed by atoms with van der Waals surface area (Å²) < 4.78 is 26.7. The lowest BCUT2D eigenvalue weighted by molar-refractivity contribution is -0.148. The molecule has 1 aromatic carbocycles. The van der Waals surface area contributed by atoms with Gasteiger partial charge in [-0.1, -0.05) is 26.3 Å². The molecule has 1 saturated heterocycles. The van der Waals surface area contributed by atoms with E-state index in [0.717, 1.165) is 12.1 Å². The van der Waals surface area contributed by atoms with Crippen molar-refractivity contribution < 1.29 is 18.4 Å². The van der Waals surface area contributed by atoms with Crippen LogP contribution in [0.1, 0.15) is 25.8 Å². The van der Waals surface area contributed by atoms with Gasteiger partial charge in [0, 0.05) is 18.2 Å². The Morgan fingerprint density at radius 1 is 1.38 bits per heavy atom. The van der Waals surface area contributed by atoms with Crippen molar-refractivity contribution in [3.8, 4) is 0 Å². The number of carbonyl (C=O) groups excluding carboxylic acids is 2. The van der Waals surface area contributed by atoms with Gasteiger partial charge in [-0.25, -0.2) is 8.78 Å². The molecule has 1 aliphatic heterocycles. The quantitative estimate of drug-likeness (QED) is 0.921. The van der Waals surface area contributed by atoms with Gasteiger partial charge < -0.3 is 10.2 Å². The van der Waals surface area contributed by atoms with Gasteiger partial charge in [-0.05, 0) is 12.0 Å². The zero-order valence-electron chi connectivity index (χ0n) is 12.0. The van der Waals surface area contributed by atoms with Crippen LogP contribution in [-0.2, 0) is 16.1 Å². The number of nitrogens with zero attached hydrogens (tertiary/aromatic N) is 1. The lowest BCUT2D eigenvalue weighted by Gasteiger charge is -2.38. The molecule has 4 nitrogen and oxygen atoms in total. The predicted molar refractivity (Wildman–Crippen MR) is 73.2 cm³/mol. The van der Waals surface area contributed by atoms with Crippen LogP contribution < -0.4 is 5.32 Å². The second-order valence-electron chi connectivity index (χ2n) is 5.31. The first-order valence-electron chi connectivity index (χ1n) is 6.95. The summed E-state index contributed by atoms with van der Waals surface area (Å²) in [6.07, 6.45) is 0.716. The molecule has 2 atom stereocenters. The van der Waals surface area contributed by atoms with E-state index < -0.39 is 17.7 Å². The predicted octanol–water partition coefficient (Wildman–Crippen LogP) is 1.84. The average Bonchev–Trinajstić information content (AvgIpc) is 2.45. The van der Waals surface area contributed by atoms with Crippen LogP contribution in [-0.4, -0.2) is 29.3 Å². The second-order valence-corrected chi connectivity index (χ2v) is 5.31. The Morgan fingerprint density at radius 2 is 2.10 bits per heavy atom. The lowest BCUT2D eigenvalue weighted by atomic mass is 9.94. The van der Waals surface area contributed by atoms with Crippen LogP contribution in [0.2, 0.25) is 0 Å². The van der Waals surface area contributed by atoms with Gasteiger partial charge in [0.1, 0.15) is 17.7 Å². The highest BCUT2D eigenvalue weighted by molar-refractivity contribution is 5.95. The first kappa shape index (κ1) is 15.4. The summed E-state index contributed by atoms with van der Waals surface area (Å²) in [5.41, 5.74) is 0.202. The van der Waals surface area contributed by atoms with Crippen molar-refractivity contribution >= 4 is 11.8 Å². The molecule has 0 aliphatic carbocycles. The van der Waals surface area contributed by atoms with Crippen molar-refractivity contribution in [3.63, 3.8) is 0 Å². The highest BCUT2D eigenvalue weighted by atomic mass is 19.1. The van der Waals surface area contributed by atoms with E-state index in [1.165, 1.54) is 11.0 Å². The van der Waals surface area contributed by atoms with E-state index in [-0.39, 0.29) is 36.4 Å². The molecule has 2 unspecified atom stereocenters. The summed E-state index contributed by atoms with van der Waals surface area (Å²) in [6.45, 7) is 3.67. The van der Waals surface area contributed by atoms with Gasteiger partial charge in [-0.2, -0.15) is 0 Å². The molecule has 0 bridgehead atoms. The Balaban J connectivity index is 2.28. The van der Waals surface area contributed by atoms with Crippen molar-refractivity contribution in [2.45, 2.75) is 32.9 Å². The van der Waals surface area contributed by atoms with Crippen molar-refractivity contribution in [1.82, 2.24) is 10.2 Å². The van der Waals surface area contributed by atoms with Crippen LogP contribution in [0, 0.1) is 17.6 Å². The maximum absolute atomic E-state index is 13.8. The number of benzene rings is 1.